The molecule has 1 aromatic carbocycles. The average Bonchev–Trinajstić information content (AvgIpc) is 2.73. The number of ether oxygens (including phenoxy) is 2. The topological polar surface area (TPSA) is 108 Å². The Morgan fingerprint density at radius 1 is 1.34 bits per heavy atom. The molecule has 1 fully saturated rings. The number of methoxy groups -OCH3 is 1. The zero-order chi connectivity index (χ0) is 20.9. The summed E-state index contributed by atoms with van der Waals surface area (Å²) < 4.78 is 10.3. The number of hydrogen-bond acceptors (Lipinski definition) is 6. The van der Waals surface area contributed by atoms with Gasteiger partial charge < -0.3 is 20.1 Å². The Balaban J connectivity index is 1.62. The molecule has 1 heterocycles. The van der Waals surface area contributed by atoms with Crippen LogP contribution in [-0.2, 0) is 4.74 Å². The van der Waals surface area contributed by atoms with Gasteiger partial charge >= 0.3 is 11.8 Å². The van der Waals surface area contributed by atoms with Gasteiger partial charge in [0.05, 0.1) is 12.0 Å². The van der Waals surface area contributed by atoms with Crippen LogP contribution in [0.25, 0.3) is 0 Å². The van der Waals surface area contributed by atoms with Crippen LogP contribution in [0, 0.1) is 21.4 Å². The van der Waals surface area contributed by atoms with Crippen LogP contribution in [0.15, 0.2) is 42.5 Å². The van der Waals surface area contributed by atoms with Gasteiger partial charge in [-0.05, 0) is 37.7 Å². The number of nitrogens with zero attached hydrogens (tertiary/aromatic N) is 2. The molecule has 1 aliphatic heterocycles. The number of rotatable bonds is 7. The lowest BCUT2D eigenvalue weighted by molar-refractivity contribution is -0.385. The molecule has 0 spiro atoms. The molecule has 1 amide bonds. The third-order valence-electron chi connectivity index (χ3n) is 5.76. The molecule has 0 radical (unpaired) electrons. The molecule has 156 valence electrons. The first kappa shape index (κ1) is 20.7. The predicted octanol–water partition coefficient (Wildman–Crippen LogP) is 3.81. The number of anilines is 1. The summed E-state index contributed by atoms with van der Waals surface area (Å²) in [5.74, 6) is 0.773. The van der Waals surface area contributed by atoms with E-state index in [-0.39, 0.29) is 16.9 Å². The summed E-state index contributed by atoms with van der Waals surface area (Å²) in [4.78, 5) is 24.0. The van der Waals surface area contributed by atoms with E-state index in [0.29, 0.717) is 12.5 Å². The fourth-order valence-electron chi connectivity index (χ4n) is 4.23. The van der Waals surface area contributed by atoms with E-state index < -0.39 is 11.0 Å². The summed E-state index contributed by atoms with van der Waals surface area (Å²) in [6.07, 6.45) is 11.2. The number of amides is 1. The largest absolute Gasteiger partial charge is 0.490 e. The summed E-state index contributed by atoms with van der Waals surface area (Å²) in [6, 6.07) is 5.00. The molecular weight excluding hydrogens is 374 g/mol. The molecule has 0 bridgehead atoms. The Morgan fingerprint density at radius 3 is 2.69 bits per heavy atom. The Morgan fingerprint density at radius 2 is 2.10 bits per heavy atom. The van der Waals surface area contributed by atoms with Crippen molar-refractivity contribution in [2.24, 2.45) is 17.1 Å². The summed E-state index contributed by atoms with van der Waals surface area (Å²) in [5, 5.41) is 11.1. The van der Waals surface area contributed by atoms with E-state index in [9.17, 15) is 14.9 Å². The molecule has 1 aromatic rings. The molecule has 1 unspecified atom stereocenters. The Hall–Kier alpha value is -3.03. The Bertz CT molecular complexity index is 815. The SMILES string of the molecule is COc1cc(N2CCC(CC3(COC(N)=O)C=CC=CC3)CC2)ccc1[N+](=O)[O-]. The fraction of sp³-hybridized carbons (Fsp3) is 0.476. The van der Waals surface area contributed by atoms with E-state index in [2.05, 4.69) is 17.1 Å². The second-order valence-corrected chi connectivity index (χ2v) is 7.71. The molecule has 2 N–H and O–H groups in total. The molecule has 8 nitrogen and oxygen atoms in total. The number of nitrogens with two attached hydrogens (primary N) is 1. The van der Waals surface area contributed by atoms with Crippen molar-refractivity contribution in [1.82, 2.24) is 0 Å². The maximum absolute atomic E-state index is 11.1. The first-order valence-corrected chi connectivity index (χ1v) is 9.76. The van der Waals surface area contributed by atoms with Gasteiger partial charge in [0.15, 0.2) is 5.75 Å². The van der Waals surface area contributed by atoms with Crippen molar-refractivity contribution in [3.8, 4) is 5.75 Å². The van der Waals surface area contributed by atoms with Crippen molar-refractivity contribution in [2.45, 2.75) is 25.7 Å². The lowest BCUT2D eigenvalue weighted by Gasteiger charge is -2.39. The average molecular weight is 401 g/mol. The normalized spacial score (nSPS) is 21.8. The molecule has 1 aliphatic carbocycles. The third-order valence-corrected chi connectivity index (χ3v) is 5.76. The molecule has 1 saturated heterocycles. The van der Waals surface area contributed by atoms with Crippen LogP contribution in [0.4, 0.5) is 16.2 Å². The highest BCUT2D eigenvalue weighted by atomic mass is 16.6. The molecule has 0 aromatic heterocycles. The standard InChI is InChI=1S/C21H27N3O5/c1-28-19-13-17(5-6-18(19)24(26)27)23-11-7-16(8-12-23)14-21(15-29-20(22)25)9-3-2-4-10-21/h2-6,9,13,16H,7-8,10-12,14-15H2,1H3,(H2,22,25). The number of piperidine rings is 1. The monoisotopic (exact) mass is 401 g/mol. The van der Waals surface area contributed by atoms with Crippen LogP contribution in [0.5, 0.6) is 5.75 Å². The van der Waals surface area contributed by atoms with Gasteiger partial charge in [0.1, 0.15) is 6.61 Å². The van der Waals surface area contributed by atoms with Crippen LogP contribution in [0.3, 0.4) is 0 Å². The number of nitro groups is 1. The van der Waals surface area contributed by atoms with Gasteiger partial charge in [0, 0.05) is 36.3 Å². The van der Waals surface area contributed by atoms with Gasteiger partial charge in [-0.15, -0.1) is 0 Å². The summed E-state index contributed by atoms with van der Waals surface area (Å²) in [7, 11) is 1.44. The molecule has 29 heavy (non-hydrogen) atoms. The second-order valence-electron chi connectivity index (χ2n) is 7.71. The Kier molecular flexibility index (Phi) is 6.41. The van der Waals surface area contributed by atoms with Crippen LogP contribution < -0.4 is 15.4 Å². The molecule has 0 saturated carbocycles. The number of allylic oxidation sites excluding steroid dienone is 3. The lowest BCUT2D eigenvalue weighted by Crippen LogP contribution is -2.37. The van der Waals surface area contributed by atoms with Crippen LogP contribution in [0.1, 0.15) is 25.7 Å². The van der Waals surface area contributed by atoms with Crippen molar-refractivity contribution in [1.29, 1.82) is 0 Å². The first-order valence-electron chi connectivity index (χ1n) is 9.76. The summed E-state index contributed by atoms with van der Waals surface area (Å²) in [5.41, 5.74) is 5.87. The zero-order valence-corrected chi connectivity index (χ0v) is 16.6. The lowest BCUT2D eigenvalue weighted by atomic mass is 9.73. The highest BCUT2D eigenvalue weighted by molar-refractivity contribution is 5.64. The zero-order valence-electron chi connectivity index (χ0n) is 16.6. The predicted molar refractivity (Wildman–Crippen MR) is 110 cm³/mol. The van der Waals surface area contributed by atoms with Gasteiger partial charge in [-0.2, -0.15) is 0 Å². The first-order chi connectivity index (χ1) is 13.9. The van der Waals surface area contributed by atoms with Gasteiger partial charge in [-0.1, -0.05) is 24.3 Å². The molecule has 8 heteroatoms. The second kappa shape index (κ2) is 8.98. The van der Waals surface area contributed by atoms with Gasteiger partial charge in [0.2, 0.25) is 0 Å². The number of carbonyl (C=O) groups is 1. The minimum absolute atomic E-state index is 0.0281. The summed E-state index contributed by atoms with van der Waals surface area (Å²) >= 11 is 0. The van der Waals surface area contributed by atoms with Crippen molar-refractivity contribution in [3.05, 3.63) is 52.6 Å². The van der Waals surface area contributed by atoms with E-state index in [1.807, 2.05) is 12.2 Å². The number of primary amides is 1. The van der Waals surface area contributed by atoms with E-state index in [1.165, 1.54) is 13.2 Å². The third kappa shape index (κ3) is 5.07. The highest BCUT2D eigenvalue weighted by Crippen LogP contribution is 2.40. The molecule has 2 aliphatic rings. The maximum atomic E-state index is 11.1. The highest BCUT2D eigenvalue weighted by Gasteiger charge is 2.33. The minimum Gasteiger partial charge on any atom is -0.490 e. The van der Waals surface area contributed by atoms with E-state index >= 15 is 0 Å². The molecule has 3 rings (SSSR count). The molecule has 1 atom stereocenters. The van der Waals surface area contributed by atoms with Crippen molar-refractivity contribution < 1.29 is 19.2 Å². The van der Waals surface area contributed by atoms with Gasteiger partial charge in [-0.25, -0.2) is 4.79 Å². The maximum Gasteiger partial charge on any atom is 0.404 e. The van der Waals surface area contributed by atoms with Gasteiger partial charge in [0.25, 0.3) is 0 Å². The van der Waals surface area contributed by atoms with Crippen molar-refractivity contribution >= 4 is 17.5 Å². The minimum atomic E-state index is -0.741. The number of carbonyl (C=O) groups excluding carboxylic acids is 1. The fourth-order valence-corrected chi connectivity index (χ4v) is 4.23. The number of nitro benzene ring substituents is 1. The number of benzene rings is 1. The van der Waals surface area contributed by atoms with Crippen molar-refractivity contribution in [2.75, 3.05) is 31.7 Å². The van der Waals surface area contributed by atoms with E-state index in [1.54, 1.807) is 12.1 Å². The quantitative estimate of drug-likeness (QED) is 0.550. The smallest absolute Gasteiger partial charge is 0.404 e. The Labute approximate surface area is 170 Å². The van der Waals surface area contributed by atoms with Crippen LogP contribution >= 0.6 is 0 Å². The molecular formula is C21H27N3O5. The number of hydrogen-bond donors (Lipinski definition) is 1. The van der Waals surface area contributed by atoms with Crippen LogP contribution in [-0.4, -0.2) is 37.8 Å². The van der Waals surface area contributed by atoms with Gasteiger partial charge in [-0.3, -0.25) is 10.1 Å². The van der Waals surface area contributed by atoms with Crippen LogP contribution in [0.2, 0.25) is 0 Å². The van der Waals surface area contributed by atoms with E-state index in [4.69, 9.17) is 15.2 Å². The summed E-state index contributed by atoms with van der Waals surface area (Å²) in [6.45, 7) is 2.01. The van der Waals surface area contributed by atoms with Crippen molar-refractivity contribution in [3.63, 3.8) is 0 Å². The van der Waals surface area contributed by atoms with E-state index in [0.717, 1.165) is 44.5 Å².